The SMILES string of the molecule is O=C(CCC(=O)N1CCC(Cc2ccccc2)CC1)Nc1cc2ccccc2[nH]1. The number of nitrogens with zero attached hydrogens (tertiary/aromatic N) is 1. The minimum atomic E-state index is -0.135. The number of rotatable bonds is 6. The molecule has 29 heavy (non-hydrogen) atoms. The van der Waals surface area contributed by atoms with Gasteiger partial charge in [0.25, 0.3) is 0 Å². The zero-order valence-electron chi connectivity index (χ0n) is 16.6. The molecule has 2 heterocycles. The molecule has 1 fully saturated rings. The highest BCUT2D eigenvalue weighted by atomic mass is 16.2. The number of benzene rings is 2. The molecule has 0 bridgehead atoms. The molecule has 150 valence electrons. The third-order valence-electron chi connectivity index (χ3n) is 5.70. The topological polar surface area (TPSA) is 65.2 Å². The molecule has 5 nitrogen and oxygen atoms in total. The molecule has 5 heteroatoms. The molecule has 1 aliphatic heterocycles. The lowest BCUT2D eigenvalue weighted by molar-refractivity contribution is -0.134. The number of para-hydroxylation sites is 1. The molecule has 0 aliphatic carbocycles. The van der Waals surface area contributed by atoms with E-state index in [1.807, 2.05) is 41.3 Å². The molecule has 0 atom stereocenters. The molecule has 0 saturated carbocycles. The van der Waals surface area contributed by atoms with Crippen LogP contribution in [0.5, 0.6) is 0 Å². The minimum absolute atomic E-state index is 0.0787. The molecule has 1 aromatic heterocycles. The van der Waals surface area contributed by atoms with Crippen LogP contribution < -0.4 is 5.32 Å². The number of amides is 2. The Hall–Kier alpha value is -3.08. The Labute approximate surface area is 171 Å². The third-order valence-corrected chi connectivity index (χ3v) is 5.70. The van der Waals surface area contributed by atoms with Crippen LogP contribution in [0.2, 0.25) is 0 Å². The molecule has 0 radical (unpaired) electrons. The summed E-state index contributed by atoms with van der Waals surface area (Å²) in [5.74, 6) is 1.25. The van der Waals surface area contributed by atoms with Crippen LogP contribution in [-0.2, 0) is 16.0 Å². The fourth-order valence-corrected chi connectivity index (χ4v) is 4.07. The van der Waals surface area contributed by atoms with Crippen molar-refractivity contribution >= 4 is 28.5 Å². The predicted molar refractivity (Wildman–Crippen MR) is 116 cm³/mol. The van der Waals surface area contributed by atoms with E-state index in [1.165, 1.54) is 5.56 Å². The Morgan fingerprint density at radius 3 is 2.45 bits per heavy atom. The van der Waals surface area contributed by atoms with Gasteiger partial charge in [-0.2, -0.15) is 0 Å². The van der Waals surface area contributed by atoms with Gasteiger partial charge in [-0.25, -0.2) is 0 Å². The summed E-state index contributed by atoms with van der Waals surface area (Å²) in [5.41, 5.74) is 2.35. The number of carbonyl (C=O) groups excluding carboxylic acids is 2. The maximum atomic E-state index is 12.5. The smallest absolute Gasteiger partial charge is 0.225 e. The number of carbonyl (C=O) groups is 2. The number of fused-ring (bicyclic) bond motifs is 1. The molecule has 0 unspecified atom stereocenters. The first kappa shape index (κ1) is 19.2. The quantitative estimate of drug-likeness (QED) is 0.658. The van der Waals surface area contributed by atoms with Gasteiger partial charge in [-0.15, -0.1) is 0 Å². The Bertz CT molecular complexity index is 939. The maximum absolute atomic E-state index is 12.5. The molecule has 0 spiro atoms. The van der Waals surface area contributed by atoms with Crippen LogP contribution >= 0.6 is 0 Å². The van der Waals surface area contributed by atoms with Gasteiger partial charge in [-0.05, 0) is 42.9 Å². The monoisotopic (exact) mass is 389 g/mol. The van der Waals surface area contributed by atoms with E-state index in [2.05, 4.69) is 34.6 Å². The first-order chi connectivity index (χ1) is 14.2. The highest BCUT2D eigenvalue weighted by Crippen LogP contribution is 2.22. The molecule has 1 aliphatic rings. The van der Waals surface area contributed by atoms with Gasteiger partial charge in [0, 0.05) is 36.8 Å². The number of piperidine rings is 1. The summed E-state index contributed by atoms with van der Waals surface area (Å²) in [6.07, 6.45) is 3.60. The van der Waals surface area contributed by atoms with Crippen molar-refractivity contribution in [3.63, 3.8) is 0 Å². The van der Waals surface area contributed by atoms with Crippen molar-refractivity contribution in [1.82, 2.24) is 9.88 Å². The minimum Gasteiger partial charge on any atom is -0.343 e. The number of hydrogen-bond acceptors (Lipinski definition) is 2. The van der Waals surface area contributed by atoms with E-state index >= 15 is 0 Å². The Morgan fingerprint density at radius 1 is 0.966 bits per heavy atom. The van der Waals surface area contributed by atoms with Crippen molar-refractivity contribution in [2.45, 2.75) is 32.1 Å². The van der Waals surface area contributed by atoms with Crippen molar-refractivity contribution in [2.24, 2.45) is 5.92 Å². The van der Waals surface area contributed by atoms with Crippen molar-refractivity contribution in [2.75, 3.05) is 18.4 Å². The van der Waals surface area contributed by atoms with Crippen molar-refractivity contribution < 1.29 is 9.59 Å². The van der Waals surface area contributed by atoms with E-state index in [9.17, 15) is 9.59 Å². The van der Waals surface area contributed by atoms with Gasteiger partial charge in [-0.1, -0.05) is 48.5 Å². The van der Waals surface area contributed by atoms with Crippen molar-refractivity contribution in [3.05, 3.63) is 66.2 Å². The Kier molecular flexibility index (Phi) is 5.94. The molecular formula is C24H27N3O2. The van der Waals surface area contributed by atoms with Gasteiger partial charge < -0.3 is 15.2 Å². The maximum Gasteiger partial charge on any atom is 0.225 e. The third kappa shape index (κ3) is 5.05. The first-order valence-corrected chi connectivity index (χ1v) is 10.4. The van der Waals surface area contributed by atoms with E-state index < -0.39 is 0 Å². The Balaban J connectivity index is 1.20. The molecule has 3 aromatic rings. The zero-order chi connectivity index (χ0) is 20.1. The van der Waals surface area contributed by atoms with Gasteiger partial charge >= 0.3 is 0 Å². The summed E-state index contributed by atoms with van der Waals surface area (Å²) in [4.78, 5) is 29.8. The van der Waals surface area contributed by atoms with E-state index in [-0.39, 0.29) is 24.7 Å². The summed E-state index contributed by atoms with van der Waals surface area (Å²) in [7, 11) is 0. The highest BCUT2D eigenvalue weighted by Gasteiger charge is 2.23. The molecule has 2 amide bonds. The van der Waals surface area contributed by atoms with Gasteiger partial charge in [0.15, 0.2) is 0 Å². The van der Waals surface area contributed by atoms with Crippen LogP contribution in [0.4, 0.5) is 5.82 Å². The van der Waals surface area contributed by atoms with E-state index in [0.29, 0.717) is 11.7 Å². The molecule has 2 aromatic carbocycles. The average Bonchev–Trinajstić information content (AvgIpc) is 3.15. The summed E-state index contributed by atoms with van der Waals surface area (Å²) in [6.45, 7) is 1.58. The summed E-state index contributed by atoms with van der Waals surface area (Å²) in [6, 6.07) is 20.3. The fraction of sp³-hybridized carbons (Fsp3) is 0.333. The highest BCUT2D eigenvalue weighted by molar-refractivity contribution is 5.95. The summed E-state index contributed by atoms with van der Waals surface area (Å²) < 4.78 is 0. The molecule has 1 saturated heterocycles. The van der Waals surface area contributed by atoms with Gasteiger partial charge in [0.05, 0.1) is 0 Å². The van der Waals surface area contributed by atoms with Crippen LogP contribution in [0.1, 0.15) is 31.2 Å². The molecular weight excluding hydrogens is 362 g/mol. The van der Waals surface area contributed by atoms with Crippen LogP contribution in [0.25, 0.3) is 10.9 Å². The zero-order valence-corrected chi connectivity index (χ0v) is 16.6. The van der Waals surface area contributed by atoms with Gasteiger partial charge in [0.2, 0.25) is 11.8 Å². The van der Waals surface area contributed by atoms with Crippen LogP contribution in [0.15, 0.2) is 60.7 Å². The van der Waals surface area contributed by atoms with E-state index in [0.717, 1.165) is 43.3 Å². The van der Waals surface area contributed by atoms with Crippen LogP contribution in [0.3, 0.4) is 0 Å². The second kappa shape index (κ2) is 8.95. The number of hydrogen-bond donors (Lipinski definition) is 2. The Morgan fingerprint density at radius 2 is 1.69 bits per heavy atom. The number of aromatic nitrogens is 1. The predicted octanol–water partition coefficient (Wildman–Crippen LogP) is 4.37. The van der Waals surface area contributed by atoms with E-state index in [4.69, 9.17) is 0 Å². The standard InChI is InChI=1S/C24H27N3O2/c28-23(26-22-17-20-8-4-5-9-21(20)25-22)10-11-24(29)27-14-12-19(13-15-27)16-18-6-2-1-3-7-18/h1-9,17,19,25H,10-16H2,(H,26,28). The average molecular weight is 389 g/mol. The normalized spacial score (nSPS) is 14.8. The van der Waals surface area contributed by atoms with E-state index in [1.54, 1.807) is 0 Å². The van der Waals surface area contributed by atoms with Crippen LogP contribution in [0, 0.1) is 5.92 Å². The number of nitrogens with one attached hydrogen (secondary N) is 2. The summed E-state index contributed by atoms with van der Waals surface area (Å²) >= 11 is 0. The molecule has 2 N–H and O–H groups in total. The first-order valence-electron chi connectivity index (χ1n) is 10.4. The molecule has 4 rings (SSSR count). The van der Waals surface area contributed by atoms with Crippen molar-refractivity contribution in [1.29, 1.82) is 0 Å². The van der Waals surface area contributed by atoms with Crippen molar-refractivity contribution in [3.8, 4) is 0 Å². The fourth-order valence-electron chi connectivity index (χ4n) is 4.07. The number of aromatic amines is 1. The number of likely N-dealkylation sites (tertiary alicyclic amines) is 1. The lowest BCUT2D eigenvalue weighted by Crippen LogP contribution is -2.39. The number of H-pyrrole nitrogens is 1. The van der Waals surface area contributed by atoms with Crippen LogP contribution in [-0.4, -0.2) is 34.8 Å². The number of anilines is 1. The summed E-state index contributed by atoms with van der Waals surface area (Å²) in [5, 5.41) is 3.91. The van der Waals surface area contributed by atoms with Gasteiger partial charge in [0.1, 0.15) is 5.82 Å². The van der Waals surface area contributed by atoms with Gasteiger partial charge in [-0.3, -0.25) is 9.59 Å². The largest absolute Gasteiger partial charge is 0.343 e. The lowest BCUT2D eigenvalue weighted by Gasteiger charge is -2.32. The second-order valence-corrected chi connectivity index (χ2v) is 7.83. The second-order valence-electron chi connectivity index (χ2n) is 7.83. The lowest BCUT2D eigenvalue weighted by atomic mass is 9.90.